The number of rotatable bonds is 8. The van der Waals surface area contributed by atoms with E-state index in [1.807, 2.05) is 25.1 Å². The van der Waals surface area contributed by atoms with Gasteiger partial charge in [0.15, 0.2) is 0 Å². The molecule has 142 valence electrons. The fraction of sp³-hybridized carbons (Fsp3) is 0.381. The second-order valence-electron chi connectivity index (χ2n) is 6.71. The highest BCUT2D eigenvalue weighted by molar-refractivity contribution is 7.19. The molecule has 0 saturated carbocycles. The van der Waals surface area contributed by atoms with Gasteiger partial charge in [-0.1, -0.05) is 37.3 Å². The number of hydrogen-bond donors (Lipinski definition) is 2. The number of hydrogen-bond acceptors (Lipinski definition) is 5. The van der Waals surface area contributed by atoms with Gasteiger partial charge in [-0.05, 0) is 32.3 Å². The summed E-state index contributed by atoms with van der Waals surface area (Å²) in [5, 5.41) is 7.48. The topological polar surface area (TPSA) is 66.9 Å². The Bertz CT molecular complexity index is 907. The van der Waals surface area contributed by atoms with Crippen molar-refractivity contribution < 1.29 is 4.79 Å². The monoisotopic (exact) mass is 382 g/mol. The fourth-order valence-corrected chi connectivity index (χ4v) is 4.05. The van der Waals surface area contributed by atoms with Crippen molar-refractivity contribution in [3.8, 4) is 11.1 Å². The zero-order valence-corrected chi connectivity index (χ0v) is 16.9. The van der Waals surface area contributed by atoms with E-state index in [2.05, 4.69) is 46.6 Å². The SMILES string of the molecule is CCC(C)NC(=O)CCCNc1ncnc2sc(C)c(-c3ccccc3)c12. The summed E-state index contributed by atoms with van der Waals surface area (Å²) in [6.45, 7) is 6.92. The number of anilines is 1. The molecule has 1 aromatic carbocycles. The predicted octanol–water partition coefficient (Wildman–Crippen LogP) is 4.77. The normalized spacial score (nSPS) is 12.1. The highest BCUT2D eigenvalue weighted by Gasteiger charge is 2.16. The van der Waals surface area contributed by atoms with Gasteiger partial charge in [-0.3, -0.25) is 4.79 Å². The molecule has 0 saturated heterocycles. The number of amides is 1. The van der Waals surface area contributed by atoms with Gasteiger partial charge in [-0.2, -0.15) is 0 Å². The van der Waals surface area contributed by atoms with Crippen LogP contribution in [0.4, 0.5) is 5.82 Å². The minimum atomic E-state index is 0.107. The lowest BCUT2D eigenvalue weighted by atomic mass is 10.0. The first kappa shape index (κ1) is 19.3. The van der Waals surface area contributed by atoms with Gasteiger partial charge in [0.2, 0.25) is 5.91 Å². The van der Waals surface area contributed by atoms with Crippen LogP contribution in [0.1, 0.15) is 38.0 Å². The van der Waals surface area contributed by atoms with Crippen LogP contribution in [0.25, 0.3) is 21.3 Å². The van der Waals surface area contributed by atoms with Crippen LogP contribution < -0.4 is 10.6 Å². The van der Waals surface area contributed by atoms with E-state index in [-0.39, 0.29) is 11.9 Å². The molecule has 0 radical (unpaired) electrons. The van der Waals surface area contributed by atoms with E-state index in [0.717, 1.165) is 28.9 Å². The molecule has 2 heterocycles. The molecular weight excluding hydrogens is 356 g/mol. The molecular formula is C21H26N4OS. The quantitative estimate of drug-likeness (QED) is 0.551. The van der Waals surface area contributed by atoms with Gasteiger partial charge >= 0.3 is 0 Å². The largest absolute Gasteiger partial charge is 0.369 e. The molecule has 3 aromatic rings. The summed E-state index contributed by atoms with van der Waals surface area (Å²) < 4.78 is 0. The Morgan fingerprint density at radius 1 is 1.22 bits per heavy atom. The fourth-order valence-electron chi connectivity index (χ4n) is 3.04. The first-order valence-electron chi connectivity index (χ1n) is 9.43. The van der Waals surface area contributed by atoms with E-state index >= 15 is 0 Å². The van der Waals surface area contributed by atoms with Crippen molar-refractivity contribution in [3.63, 3.8) is 0 Å². The molecule has 5 nitrogen and oxygen atoms in total. The lowest BCUT2D eigenvalue weighted by molar-refractivity contribution is -0.121. The minimum absolute atomic E-state index is 0.107. The third-order valence-electron chi connectivity index (χ3n) is 4.62. The standard InChI is InChI=1S/C21H26N4OS/c1-4-14(2)25-17(26)11-8-12-22-20-19-18(16-9-6-5-7-10-16)15(3)27-21(19)24-13-23-20/h5-7,9-10,13-14H,4,8,11-12H2,1-3H3,(H,25,26)(H,22,23,24). The first-order chi connectivity index (χ1) is 13.1. The molecule has 0 aliphatic heterocycles. The summed E-state index contributed by atoms with van der Waals surface area (Å²) >= 11 is 1.69. The Labute approximate surface area is 164 Å². The van der Waals surface area contributed by atoms with Gasteiger partial charge in [-0.25, -0.2) is 9.97 Å². The maximum atomic E-state index is 11.9. The average molecular weight is 383 g/mol. The van der Waals surface area contributed by atoms with Crippen LogP contribution in [0.2, 0.25) is 0 Å². The Morgan fingerprint density at radius 3 is 2.74 bits per heavy atom. The molecule has 0 fully saturated rings. The van der Waals surface area contributed by atoms with Crippen molar-refractivity contribution in [2.75, 3.05) is 11.9 Å². The zero-order chi connectivity index (χ0) is 19.2. The van der Waals surface area contributed by atoms with Crippen LogP contribution in [-0.4, -0.2) is 28.5 Å². The van der Waals surface area contributed by atoms with Crippen molar-refractivity contribution in [1.82, 2.24) is 15.3 Å². The van der Waals surface area contributed by atoms with Crippen molar-refractivity contribution in [2.24, 2.45) is 0 Å². The molecule has 0 aliphatic rings. The molecule has 0 bridgehead atoms. The molecule has 2 aromatic heterocycles. The highest BCUT2D eigenvalue weighted by atomic mass is 32.1. The molecule has 0 aliphatic carbocycles. The summed E-state index contributed by atoms with van der Waals surface area (Å²) in [6, 6.07) is 10.6. The molecule has 1 atom stereocenters. The van der Waals surface area contributed by atoms with E-state index in [1.54, 1.807) is 17.7 Å². The zero-order valence-electron chi connectivity index (χ0n) is 16.1. The van der Waals surface area contributed by atoms with Gasteiger partial charge in [0.1, 0.15) is 17.0 Å². The third kappa shape index (κ3) is 4.63. The van der Waals surface area contributed by atoms with Crippen LogP contribution in [0.3, 0.4) is 0 Å². The molecule has 6 heteroatoms. The summed E-state index contributed by atoms with van der Waals surface area (Å²) in [4.78, 5) is 23.0. The average Bonchev–Trinajstić information content (AvgIpc) is 3.02. The van der Waals surface area contributed by atoms with E-state index in [1.165, 1.54) is 16.0 Å². The molecule has 0 spiro atoms. The van der Waals surface area contributed by atoms with Crippen LogP contribution in [0.5, 0.6) is 0 Å². The van der Waals surface area contributed by atoms with E-state index in [0.29, 0.717) is 13.0 Å². The Morgan fingerprint density at radius 2 is 2.00 bits per heavy atom. The summed E-state index contributed by atoms with van der Waals surface area (Å²) in [5.41, 5.74) is 2.36. The number of aryl methyl sites for hydroxylation is 1. The Kier molecular flexibility index (Phi) is 6.40. The van der Waals surface area contributed by atoms with Gasteiger partial charge in [-0.15, -0.1) is 11.3 Å². The Hall–Kier alpha value is -2.47. The van der Waals surface area contributed by atoms with Gasteiger partial charge < -0.3 is 10.6 Å². The number of carbonyl (C=O) groups excluding carboxylic acids is 1. The van der Waals surface area contributed by atoms with E-state index < -0.39 is 0 Å². The van der Waals surface area contributed by atoms with E-state index in [4.69, 9.17) is 0 Å². The lowest BCUT2D eigenvalue weighted by Crippen LogP contribution is -2.31. The smallest absolute Gasteiger partial charge is 0.220 e. The highest BCUT2D eigenvalue weighted by Crippen LogP contribution is 2.40. The number of thiophene rings is 1. The lowest BCUT2D eigenvalue weighted by Gasteiger charge is -2.12. The van der Waals surface area contributed by atoms with Gasteiger partial charge in [0.05, 0.1) is 5.39 Å². The maximum absolute atomic E-state index is 11.9. The van der Waals surface area contributed by atoms with Gasteiger partial charge in [0, 0.05) is 29.4 Å². The second-order valence-corrected chi connectivity index (χ2v) is 7.91. The van der Waals surface area contributed by atoms with Crippen molar-refractivity contribution in [1.29, 1.82) is 0 Å². The molecule has 1 amide bonds. The third-order valence-corrected chi connectivity index (χ3v) is 5.63. The summed E-state index contributed by atoms with van der Waals surface area (Å²) in [5.74, 6) is 0.945. The number of carbonyl (C=O) groups is 1. The number of nitrogens with zero attached hydrogens (tertiary/aromatic N) is 2. The van der Waals surface area contributed by atoms with Crippen LogP contribution in [0, 0.1) is 6.92 Å². The van der Waals surface area contributed by atoms with E-state index in [9.17, 15) is 4.79 Å². The maximum Gasteiger partial charge on any atom is 0.220 e. The number of benzene rings is 1. The Balaban J connectivity index is 1.73. The minimum Gasteiger partial charge on any atom is -0.369 e. The van der Waals surface area contributed by atoms with Crippen molar-refractivity contribution in [2.45, 2.75) is 46.1 Å². The van der Waals surface area contributed by atoms with Crippen molar-refractivity contribution in [3.05, 3.63) is 41.5 Å². The van der Waals surface area contributed by atoms with Crippen LogP contribution in [0.15, 0.2) is 36.7 Å². The molecule has 1 unspecified atom stereocenters. The number of nitrogens with one attached hydrogen (secondary N) is 2. The van der Waals surface area contributed by atoms with Gasteiger partial charge in [0.25, 0.3) is 0 Å². The van der Waals surface area contributed by atoms with Crippen LogP contribution in [-0.2, 0) is 4.79 Å². The second kappa shape index (κ2) is 8.95. The summed E-state index contributed by atoms with van der Waals surface area (Å²) in [7, 11) is 0. The summed E-state index contributed by atoms with van der Waals surface area (Å²) in [6.07, 6.45) is 3.82. The number of aromatic nitrogens is 2. The molecule has 2 N–H and O–H groups in total. The molecule has 3 rings (SSSR count). The van der Waals surface area contributed by atoms with Crippen LogP contribution >= 0.6 is 11.3 Å². The number of fused-ring (bicyclic) bond motifs is 1. The van der Waals surface area contributed by atoms with Crippen molar-refractivity contribution >= 4 is 33.3 Å². The molecule has 27 heavy (non-hydrogen) atoms. The predicted molar refractivity (Wildman–Crippen MR) is 113 cm³/mol. The first-order valence-corrected chi connectivity index (χ1v) is 10.2.